The molecule has 0 radical (unpaired) electrons. The first kappa shape index (κ1) is 18.4. The topological polar surface area (TPSA) is 59.0 Å². The van der Waals surface area contributed by atoms with E-state index >= 15 is 0 Å². The van der Waals surface area contributed by atoms with Gasteiger partial charge in [0.05, 0.1) is 44.9 Å². The zero-order valence-corrected chi connectivity index (χ0v) is 14.4. The fourth-order valence-corrected chi connectivity index (χ4v) is 2.70. The van der Waals surface area contributed by atoms with Crippen LogP contribution in [0.4, 0.5) is 4.39 Å². The minimum absolute atomic E-state index is 0.112. The van der Waals surface area contributed by atoms with Gasteiger partial charge < -0.3 is 18.7 Å². The Morgan fingerprint density at radius 1 is 0.962 bits per heavy atom. The highest BCUT2D eigenvalue weighted by Gasteiger charge is 2.16. The molecule has 1 unspecified atom stereocenters. The molecule has 0 aliphatic rings. The summed E-state index contributed by atoms with van der Waals surface area (Å²) in [5.41, 5.74) is 0.475. The van der Waals surface area contributed by atoms with Crippen molar-refractivity contribution in [1.82, 2.24) is 4.90 Å². The van der Waals surface area contributed by atoms with Gasteiger partial charge in [0.1, 0.15) is 17.3 Å². The van der Waals surface area contributed by atoms with E-state index in [1.165, 1.54) is 6.07 Å². The largest absolute Gasteiger partial charge is 0.468 e. The van der Waals surface area contributed by atoms with Gasteiger partial charge in [0.25, 0.3) is 0 Å². The van der Waals surface area contributed by atoms with Gasteiger partial charge in [0, 0.05) is 12.1 Å². The van der Waals surface area contributed by atoms with Gasteiger partial charge >= 0.3 is 0 Å². The predicted molar refractivity (Wildman–Crippen MR) is 93.6 cm³/mol. The highest BCUT2D eigenvalue weighted by atomic mass is 19.1. The molecule has 138 valence electrons. The van der Waals surface area contributed by atoms with Crippen LogP contribution in [0, 0.1) is 5.82 Å². The number of benzene rings is 1. The van der Waals surface area contributed by atoms with E-state index in [-0.39, 0.29) is 19.0 Å². The average molecular weight is 359 g/mol. The second kappa shape index (κ2) is 9.33. The van der Waals surface area contributed by atoms with Gasteiger partial charge in [0.2, 0.25) is 0 Å². The van der Waals surface area contributed by atoms with E-state index in [0.29, 0.717) is 25.2 Å². The molecule has 0 amide bonds. The summed E-state index contributed by atoms with van der Waals surface area (Å²) >= 11 is 0. The monoisotopic (exact) mass is 359 g/mol. The highest BCUT2D eigenvalue weighted by molar-refractivity contribution is 5.16. The number of nitrogens with zero attached hydrogens (tertiary/aromatic N) is 1. The smallest absolute Gasteiger partial charge is 0.128 e. The predicted octanol–water partition coefficient (Wildman–Crippen LogP) is 3.59. The number of ether oxygens (including phenoxy) is 1. The van der Waals surface area contributed by atoms with E-state index in [0.717, 1.165) is 11.5 Å². The van der Waals surface area contributed by atoms with E-state index in [2.05, 4.69) is 0 Å². The molecule has 3 rings (SSSR count). The molecule has 0 saturated carbocycles. The second-order valence-corrected chi connectivity index (χ2v) is 6.09. The lowest BCUT2D eigenvalue weighted by molar-refractivity contribution is 0.00440. The maximum absolute atomic E-state index is 13.6. The van der Waals surface area contributed by atoms with Gasteiger partial charge in [-0.2, -0.15) is 0 Å². The summed E-state index contributed by atoms with van der Waals surface area (Å²) in [7, 11) is 0. The van der Waals surface area contributed by atoms with Crippen molar-refractivity contribution in [3.05, 3.63) is 84.0 Å². The number of halogens is 1. The van der Waals surface area contributed by atoms with Crippen molar-refractivity contribution < 1.29 is 23.1 Å². The Morgan fingerprint density at radius 2 is 1.62 bits per heavy atom. The van der Waals surface area contributed by atoms with Crippen LogP contribution in [0.3, 0.4) is 0 Å². The normalized spacial score (nSPS) is 12.6. The Bertz CT molecular complexity index is 722. The van der Waals surface area contributed by atoms with Crippen LogP contribution in [0.5, 0.6) is 0 Å². The molecule has 3 aromatic rings. The molecule has 26 heavy (non-hydrogen) atoms. The molecule has 2 heterocycles. The summed E-state index contributed by atoms with van der Waals surface area (Å²) in [5.74, 6) is 1.30. The molecule has 0 spiro atoms. The Balaban J connectivity index is 1.51. The quantitative estimate of drug-likeness (QED) is 0.599. The molecule has 1 atom stereocenters. The van der Waals surface area contributed by atoms with Crippen molar-refractivity contribution in [2.75, 3.05) is 13.2 Å². The molecule has 1 N–H and O–H groups in total. The van der Waals surface area contributed by atoms with Crippen molar-refractivity contribution in [1.29, 1.82) is 0 Å². The standard InChI is InChI=1S/C20H22FNO4/c21-20-8-2-1-5-16(20)14-24-15-17(23)11-22(12-18-6-3-9-25-18)13-19-7-4-10-26-19/h1-10,17,23H,11-15H2. The van der Waals surface area contributed by atoms with Crippen LogP contribution in [0.1, 0.15) is 17.1 Å². The van der Waals surface area contributed by atoms with Gasteiger partial charge in [-0.25, -0.2) is 4.39 Å². The Hall–Kier alpha value is -2.41. The van der Waals surface area contributed by atoms with E-state index in [1.54, 1.807) is 30.7 Å². The third-order valence-corrected chi connectivity index (χ3v) is 3.91. The van der Waals surface area contributed by atoms with E-state index in [1.807, 2.05) is 29.2 Å². The summed E-state index contributed by atoms with van der Waals surface area (Å²) in [5, 5.41) is 10.3. The van der Waals surface area contributed by atoms with Crippen LogP contribution in [-0.4, -0.2) is 29.3 Å². The molecular weight excluding hydrogens is 337 g/mol. The van der Waals surface area contributed by atoms with Gasteiger partial charge in [-0.3, -0.25) is 4.90 Å². The third-order valence-electron chi connectivity index (χ3n) is 3.91. The van der Waals surface area contributed by atoms with Crippen molar-refractivity contribution in [2.24, 2.45) is 0 Å². The highest BCUT2D eigenvalue weighted by Crippen LogP contribution is 2.12. The van der Waals surface area contributed by atoms with Gasteiger partial charge in [-0.1, -0.05) is 18.2 Å². The van der Waals surface area contributed by atoms with Gasteiger partial charge in [-0.05, 0) is 30.3 Å². The number of hydrogen-bond acceptors (Lipinski definition) is 5. The average Bonchev–Trinajstić information content (AvgIpc) is 3.30. The lowest BCUT2D eigenvalue weighted by Crippen LogP contribution is -2.34. The number of aliphatic hydroxyl groups is 1. The number of aliphatic hydroxyl groups excluding tert-OH is 1. The molecule has 0 fully saturated rings. The molecule has 0 aliphatic carbocycles. The lowest BCUT2D eigenvalue weighted by atomic mass is 10.2. The van der Waals surface area contributed by atoms with Gasteiger partial charge in [0.15, 0.2) is 0 Å². The summed E-state index contributed by atoms with van der Waals surface area (Å²) in [6.07, 6.45) is 2.52. The molecular formula is C20H22FNO4. The van der Waals surface area contributed by atoms with E-state index < -0.39 is 6.10 Å². The first-order valence-corrected chi connectivity index (χ1v) is 8.47. The molecule has 0 bridgehead atoms. The molecule has 5 nitrogen and oxygen atoms in total. The Morgan fingerprint density at radius 3 is 2.19 bits per heavy atom. The number of furan rings is 2. The maximum Gasteiger partial charge on any atom is 0.128 e. The van der Waals surface area contributed by atoms with Crippen molar-refractivity contribution >= 4 is 0 Å². The zero-order chi connectivity index (χ0) is 18.2. The first-order chi connectivity index (χ1) is 12.7. The number of rotatable bonds is 10. The molecule has 2 aromatic heterocycles. The fraction of sp³-hybridized carbons (Fsp3) is 0.300. The van der Waals surface area contributed by atoms with E-state index in [9.17, 15) is 9.50 Å². The van der Waals surface area contributed by atoms with Crippen molar-refractivity contribution in [3.63, 3.8) is 0 Å². The molecule has 6 heteroatoms. The minimum atomic E-state index is -0.716. The Labute approximate surface area is 151 Å². The second-order valence-electron chi connectivity index (χ2n) is 6.09. The van der Waals surface area contributed by atoms with Crippen LogP contribution >= 0.6 is 0 Å². The van der Waals surface area contributed by atoms with Crippen LogP contribution in [0.15, 0.2) is 69.9 Å². The number of hydrogen-bond donors (Lipinski definition) is 1. The lowest BCUT2D eigenvalue weighted by Gasteiger charge is -2.23. The van der Waals surface area contributed by atoms with Crippen molar-refractivity contribution in [2.45, 2.75) is 25.8 Å². The summed E-state index contributed by atoms with van der Waals surface area (Å²) < 4.78 is 29.8. The maximum atomic E-state index is 13.6. The van der Waals surface area contributed by atoms with E-state index in [4.69, 9.17) is 13.6 Å². The van der Waals surface area contributed by atoms with Crippen LogP contribution in [0.2, 0.25) is 0 Å². The molecule has 0 saturated heterocycles. The van der Waals surface area contributed by atoms with Crippen LogP contribution < -0.4 is 0 Å². The summed E-state index contributed by atoms with van der Waals surface area (Å²) in [4.78, 5) is 2.01. The first-order valence-electron chi connectivity index (χ1n) is 8.47. The fourth-order valence-electron chi connectivity index (χ4n) is 2.70. The molecule has 0 aliphatic heterocycles. The van der Waals surface area contributed by atoms with Gasteiger partial charge in [-0.15, -0.1) is 0 Å². The minimum Gasteiger partial charge on any atom is -0.468 e. The van der Waals surface area contributed by atoms with Crippen LogP contribution in [-0.2, 0) is 24.4 Å². The van der Waals surface area contributed by atoms with Crippen LogP contribution in [0.25, 0.3) is 0 Å². The zero-order valence-electron chi connectivity index (χ0n) is 14.4. The molecule has 1 aromatic carbocycles. The summed E-state index contributed by atoms with van der Waals surface area (Å²) in [6.45, 7) is 1.69. The van der Waals surface area contributed by atoms with Crippen molar-refractivity contribution in [3.8, 4) is 0 Å². The SMILES string of the molecule is OC(COCc1ccccc1F)CN(Cc1ccco1)Cc1ccco1. The Kier molecular flexibility index (Phi) is 6.60. The third kappa shape index (κ3) is 5.56. The summed E-state index contributed by atoms with van der Waals surface area (Å²) in [6, 6.07) is 13.9.